The lowest BCUT2D eigenvalue weighted by Crippen LogP contribution is -2.36. The van der Waals surface area contributed by atoms with E-state index in [1.165, 1.54) is 61.0 Å². The van der Waals surface area contributed by atoms with Crippen molar-refractivity contribution in [3.05, 3.63) is 216 Å². The van der Waals surface area contributed by atoms with Gasteiger partial charge in [-0.3, -0.25) is 0 Å². The number of allylic oxidation sites excluding steroid dienone is 5. The number of benzene rings is 7. The van der Waals surface area contributed by atoms with Crippen molar-refractivity contribution in [3.63, 3.8) is 0 Å². The highest BCUT2D eigenvalue weighted by atomic mass is 15.2. The third kappa shape index (κ3) is 4.61. The van der Waals surface area contributed by atoms with Gasteiger partial charge in [0.25, 0.3) is 0 Å². The van der Waals surface area contributed by atoms with Gasteiger partial charge in [0.2, 0.25) is 0 Å². The molecule has 2 heterocycles. The quantitative estimate of drug-likeness (QED) is 0.175. The van der Waals surface area contributed by atoms with Crippen LogP contribution >= 0.6 is 0 Å². The van der Waals surface area contributed by atoms with Crippen molar-refractivity contribution < 1.29 is 0 Å². The summed E-state index contributed by atoms with van der Waals surface area (Å²) in [6, 6.07) is 60.0. The first-order valence-electron chi connectivity index (χ1n) is 18.7. The summed E-state index contributed by atoms with van der Waals surface area (Å²) >= 11 is 0. The molecule has 3 nitrogen and oxygen atoms in total. The van der Waals surface area contributed by atoms with Gasteiger partial charge in [0, 0.05) is 33.5 Å². The third-order valence-corrected chi connectivity index (χ3v) is 11.1. The molecule has 0 amide bonds. The topological polar surface area (TPSA) is 20.2 Å². The Morgan fingerprint density at radius 1 is 0.574 bits per heavy atom. The molecule has 0 fully saturated rings. The summed E-state index contributed by atoms with van der Waals surface area (Å²) in [5.74, 6) is 0. The smallest absolute Gasteiger partial charge is 0.0755 e. The van der Waals surface area contributed by atoms with Gasteiger partial charge in [-0.1, -0.05) is 127 Å². The summed E-state index contributed by atoms with van der Waals surface area (Å²) in [5, 5.41) is 6.15. The third-order valence-electron chi connectivity index (χ3n) is 11.1. The molecular formula is C51H39N3. The molecule has 7 aromatic carbocycles. The van der Waals surface area contributed by atoms with Gasteiger partial charge in [0.15, 0.2) is 0 Å². The monoisotopic (exact) mass is 693 g/mol. The first-order valence-corrected chi connectivity index (χ1v) is 18.7. The van der Waals surface area contributed by atoms with E-state index in [2.05, 4.69) is 217 Å². The van der Waals surface area contributed by atoms with Crippen LogP contribution in [0.25, 0.3) is 38.6 Å². The van der Waals surface area contributed by atoms with Crippen molar-refractivity contribution in [1.82, 2.24) is 4.57 Å². The Labute approximate surface area is 316 Å². The Kier molecular flexibility index (Phi) is 7.31. The Hall–Kier alpha value is -6.84. The van der Waals surface area contributed by atoms with Gasteiger partial charge in [0.05, 0.1) is 27.8 Å². The van der Waals surface area contributed by atoms with E-state index in [9.17, 15) is 0 Å². The lowest BCUT2D eigenvalue weighted by atomic mass is 9.64. The molecule has 258 valence electrons. The molecular weight excluding hydrogens is 655 g/mol. The normalized spacial score (nSPS) is 14.0. The van der Waals surface area contributed by atoms with E-state index < -0.39 is 5.41 Å². The maximum Gasteiger partial charge on any atom is 0.0755 e. The van der Waals surface area contributed by atoms with E-state index >= 15 is 0 Å². The van der Waals surface area contributed by atoms with Crippen molar-refractivity contribution in [2.75, 3.05) is 10.2 Å². The number of hydrogen-bond donors (Lipinski definition) is 1. The zero-order valence-electron chi connectivity index (χ0n) is 30.4. The number of para-hydroxylation sites is 4. The average Bonchev–Trinajstić information content (AvgIpc) is 3.68. The lowest BCUT2D eigenvalue weighted by molar-refractivity contribution is 0.753. The average molecular weight is 694 g/mol. The standard InChI is InChI=1S/C51H39N3/c1-4-16-37(31-34(2)3)53-47-24-13-9-20-41(47)42-30-28-38(33-50(42)53)54-48-25-14-11-22-44(48)51(45-23-12-15-26-49(45)54)43-21-10-8-19-39(43)40-29-27-36(32-46(40)51)52-35-17-6-5-7-18-35/h4-33,52H,2H2,1,3H3/b16-4-,37-31+. The van der Waals surface area contributed by atoms with Gasteiger partial charge in [-0.25, -0.2) is 0 Å². The van der Waals surface area contributed by atoms with Crippen LogP contribution in [0.15, 0.2) is 194 Å². The van der Waals surface area contributed by atoms with Crippen LogP contribution in [0.5, 0.6) is 0 Å². The molecule has 1 spiro atoms. The zero-order chi connectivity index (χ0) is 36.4. The van der Waals surface area contributed by atoms with Gasteiger partial charge >= 0.3 is 0 Å². The highest BCUT2D eigenvalue weighted by Crippen LogP contribution is 2.63. The molecule has 1 N–H and O–H groups in total. The fourth-order valence-electron chi connectivity index (χ4n) is 9.14. The molecule has 0 saturated heterocycles. The van der Waals surface area contributed by atoms with Crippen LogP contribution in [0.2, 0.25) is 0 Å². The zero-order valence-corrected chi connectivity index (χ0v) is 30.4. The van der Waals surface area contributed by atoms with E-state index in [1.807, 2.05) is 0 Å². The molecule has 0 radical (unpaired) electrons. The van der Waals surface area contributed by atoms with Gasteiger partial charge in [0.1, 0.15) is 0 Å². The van der Waals surface area contributed by atoms with E-state index in [-0.39, 0.29) is 0 Å². The molecule has 1 aromatic heterocycles. The van der Waals surface area contributed by atoms with Crippen LogP contribution in [-0.4, -0.2) is 4.57 Å². The molecule has 2 aliphatic rings. The van der Waals surface area contributed by atoms with E-state index in [0.29, 0.717) is 0 Å². The Morgan fingerprint density at radius 3 is 1.94 bits per heavy atom. The van der Waals surface area contributed by atoms with E-state index in [1.54, 1.807) is 0 Å². The predicted octanol–water partition coefficient (Wildman–Crippen LogP) is 13.7. The van der Waals surface area contributed by atoms with Crippen molar-refractivity contribution >= 4 is 55.9 Å². The Bertz CT molecular complexity index is 2800. The van der Waals surface area contributed by atoms with Crippen LogP contribution in [0.1, 0.15) is 36.1 Å². The first-order chi connectivity index (χ1) is 26.6. The minimum atomic E-state index is -0.522. The second-order valence-corrected chi connectivity index (χ2v) is 14.4. The maximum atomic E-state index is 4.25. The summed E-state index contributed by atoms with van der Waals surface area (Å²) in [5.41, 5.74) is 17.2. The van der Waals surface area contributed by atoms with Crippen LogP contribution in [-0.2, 0) is 5.41 Å². The van der Waals surface area contributed by atoms with Crippen LogP contribution in [0.4, 0.5) is 28.4 Å². The summed E-state index contributed by atoms with van der Waals surface area (Å²) in [6.07, 6.45) is 6.45. The lowest BCUT2D eigenvalue weighted by Gasteiger charge is -2.45. The minimum Gasteiger partial charge on any atom is -0.356 e. The molecule has 0 saturated carbocycles. The highest BCUT2D eigenvalue weighted by Gasteiger charge is 2.51. The SMILES string of the molecule is C=C(C)/C=C(\C=C/C)n1c2ccccc2c2ccc(N3c4ccccc4C4(c5ccccc5-c5ccc(Nc6ccccc6)cc54)c4ccccc43)cc21. The summed E-state index contributed by atoms with van der Waals surface area (Å²) < 4.78 is 2.39. The van der Waals surface area contributed by atoms with Crippen LogP contribution < -0.4 is 10.2 Å². The second kappa shape index (κ2) is 12.4. The molecule has 3 heteroatoms. The van der Waals surface area contributed by atoms with E-state index in [0.717, 1.165) is 33.8 Å². The number of hydrogen-bond acceptors (Lipinski definition) is 2. The molecule has 1 aliphatic carbocycles. The van der Waals surface area contributed by atoms with Gasteiger partial charge < -0.3 is 14.8 Å². The largest absolute Gasteiger partial charge is 0.356 e. The molecule has 0 atom stereocenters. The summed E-state index contributed by atoms with van der Waals surface area (Å²) in [4.78, 5) is 2.47. The Morgan fingerprint density at radius 2 is 1.20 bits per heavy atom. The van der Waals surface area contributed by atoms with Crippen molar-refractivity contribution in [2.45, 2.75) is 19.3 Å². The first kappa shape index (κ1) is 31.9. The predicted molar refractivity (Wildman–Crippen MR) is 229 cm³/mol. The van der Waals surface area contributed by atoms with Gasteiger partial charge in [-0.15, -0.1) is 0 Å². The van der Waals surface area contributed by atoms with Gasteiger partial charge in [-0.2, -0.15) is 0 Å². The molecule has 1 aliphatic heterocycles. The second-order valence-electron chi connectivity index (χ2n) is 14.4. The van der Waals surface area contributed by atoms with Crippen molar-refractivity contribution in [2.24, 2.45) is 0 Å². The number of rotatable bonds is 6. The Balaban J connectivity index is 1.24. The molecule has 8 aromatic rings. The molecule has 54 heavy (non-hydrogen) atoms. The molecule has 0 unspecified atom stereocenters. The fraction of sp³-hybridized carbons (Fsp3) is 0.0588. The highest BCUT2D eigenvalue weighted by molar-refractivity contribution is 6.12. The van der Waals surface area contributed by atoms with Gasteiger partial charge in [-0.05, 0) is 114 Å². The van der Waals surface area contributed by atoms with E-state index in [4.69, 9.17) is 0 Å². The number of anilines is 5. The molecule has 10 rings (SSSR count). The minimum absolute atomic E-state index is 0.522. The van der Waals surface area contributed by atoms with Crippen molar-refractivity contribution in [3.8, 4) is 11.1 Å². The molecule has 0 bridgehead atoms. The number of aromatic nitrogens is 1. The fourth-order valence-corrected chi connectivity index (χ4v) is 9.14. The van der Waals surface area contributed by atoms with Crippen LogP contribution in [0.3, 0.4) is 0 Å². The number of fused-ring (bicyclic) bond motifs is 12. The number of nitrogens with zero attached hydrogens (tertiary/aromatic N) is 2. The number of nitrogens with one attached hydrogen (secondary N) is 1. The van der Waals surface area contributed by atoms with Crippen LogP contribution in [0, 0.1) is 0 Å². The van der Waals surface area contributed by atoms with Crippen molar-refractivity contribution in [1.29, 1.82) is 0 Å². The summed E-state index contributed by atoms with van der Waals surface area (Å²) in [6.45, 7) is 8.37. The maximum absolute atomic E-state index is 4.25. The summed E-state index contributed by atoms with van der Waals surface area (Å²) in [7, 11) is 0.